The second-order valence-electron chi connectivity index (χ2n) is 6.43. The fourth-order valence-electron chi connectivity index (χ4n) is 2.28. The Bertz CT molecular complexity index is 739. The smallest absolute Gasteiger partial charge is 0.262 e. The van der Waals surface area contributed by atoms with Crippen LogP contribution in [0.4, 0.5) is 5.69 Å². The van der Waals surface area contributed by atoms with Crippen LogP contribution in [0, 0.1) is 12.8 Å². The number of carbonyl (C=O) groups excluding carboxylic acids is 1. The van der Waals surface area contributed by atoms with Crippen LogP contribution in [-0.4, -0.2) is 19.1 Å². The van der Waals surface area contributed by atoms with Gasteiger partial charge < -0.3 is 14.8 Å². The Morgan fingerprint density at radius 1 is 1.15 bits per heavy atom. The largest absolute Gasteiger partial charge is 0.494 e. The van der Waals surface area contributed by atoms with Crippen LogP contribution in [0.5, 0.6) is 11.5 Å². The van der Waals surface area contributed by atoms with Gasteiger partial charge in [-0.05, 0) is 65.0 Å². The van der Waals surface area contributed by atoms with E-state index in [0.717, 1.165) is 26.7 Å². The molecule has 0 atom stereocenters. The summed E-state index contributed by atoms with van der Waals surface area (Å²) in [5.74, 6) is 1.78. The highest BCUT2D eigenvalue weighted by molar-refractivity contribution is 9.11. The van der Waals surface area contributed by atoms with Crippen LogP contribution < -0.4 is 14.8 Å². The predicted octanol–water partition coefficient (Wildman–Crippen LogP) is 5.96. The van der Waals surface area contributed by atoms with Gasteiger partial charge in [-0.1, -0.05) is 35.8 Å². The second-order valence-corrected chi connectivity index (χ2v) is 8.20. The lowest BCUT2D eigenvalue weighted by atomic mass is 10.1. The van der Waals surface area contributed by atoms with Gasteiger partial charge in [0.05, 0.1) is 11.1 Å². The summed E-state index contributed by atoms with van der Waals surface area (Å²) in [5, 5.41) is 2.83. The van der Waals surface area contributed by atoms with E-state index in [1.165, 1.54) is 0 Å². The van der Waals surface area contributed by atoms with Crippen LogP contribution in [0.15, 0.2) is 45.3 Å². The Kier molecular flexibility index (Phi) is 7.97. The van der Waals surface area contributed by atoms with E-state index in [2.05, 4.69) is 51.0 Å². The Morgan fingerprint density at radius 3 is 2.62 bits per heavy atom. The molecule has 140 valence electrons. The number of hydrogen-bond donors (Lipinski definition) is 1. The fraction of sp³-hybridized carbons (Fsp3) is 0.350. The summed E-state index contributed by atoms with van der Waals surface area (Å²) < 4.78 is 13.1. The van der Waals surface area contributed by atoms with Crippen molar-refractivity contribution in [3.05, 3.63) is 50.9 Å². The van der Waals surface area contributed by atoms with Crippen molar-refractivity contribution in [1.82, 2.24) is 0 Å². The molecular weight excluding hydrogens is 462 g/mol. The van der Waals surface area contributed by atoms with E-state index in [4.69, 9.17) is 9.47 Å². The first-order chi connectivity index (χ1) is 12.3. The summed E-state index contributed by atoms with van der Waals surface area (Å²) in [6.45, 7) is 6.84. The maximum Gasteiger partial charge on any atom is 0.262 e. The first kappa shape index (κ1) is 20.8. The van der Waals surface area contributed by atoms with Crippen molar-refractivity contribution in [3.8, 4) is 11.5 Å². The molecule has 2 rings (SSSR count). The zero-order valence-corrected chi connectivity index (χ0v) is 18.3. The van der Waals surface area contributed by atoms with Crippen LogP contribution in [0.1, 0.15) is 25.8 Å². The van der Waals surface area contributed by atoms with Gasteiger partial charge in [-0.2, -0.15) is 0 Å². The number of amides is 1. The van der Waals surface area contributed by atoms with Gasteiger partial charge in [0, 0.05) is 16.2 Å². The van der Waals surface area contributed by atoms with Gasteiger partial charge in [0.15, 0.2) is 6.61 Å². The molecule has 26 heavy (non-hydrogen) atoms. The Morgan fingerprint density at radius 2 is 1.92 bits per heavy atom. The quantitative estimate of drug-likeness (QED) is 0.502. The van der Waals surface area contributed by atoms with Crippen LogP contribution in [-0.2, 0) is 4.79 Å². The number of benzene rings is 2. The fourth-order valence-corrected chi connectivity index (χ4v) is 3.84. The standard InChI is InChI=1S/C20H23Br2NO3/c1-13(2)7-8-25-17-6-4-5-16(11-17)23-19(24)12-26-20-14(3)9-15(21)10-18(20)22/h4-6,9-11,13H,7-8,12H2,1-3H3,(H,23,24). The highest BCUT2D eigenvalue weighted by atomic mass is 79.9. The Hall–Kier alpha value is -1.53. The summed E-state index contributed by atoms with van der Waals surface area (Å²) >= 11 is 6.88. The van der Waals surface area contributed by atoms with Crippen LogP contribution in [0.2, 0.25) is 0 Å². The van der Waals surface area contributed by atoms with Crippen molar-refractivity contribution >= 4 is 43.5 Å². The molecule has 0 fully saturated rings. The first-order valence-corrected chi connectivity index (χ1v) is 10.0. The van der Waals surface area contributed by atoms with E-state index in [-0.39, 0.29) is 12.5 Å². The average Bonchev–Trinajstić information content (AvgIpc) is 2.53. The summed E-state index contributed by atoms with van der Waals surface area (Å²) in [5.41, 5.74) is 1.63. The predicted molar refractivity (Wildman–Crippen MR) is 112 cm³/mol. The second kappa shape index (κ2) is 9.97. The molecule has 0 heterocycles. The third kappa shape index (κ3) is 6.65. The zero-order valence-electron chi connectivity index (χ0n) is 15.1. The van der Waals surface area contributed by atoms with Crippen LogP contribution in [0.3, 0.4) is 0 Å². The molecule has 0 unspecified atom stereocenters. The topological polar surface area (TPSA) is 47.6 Å². The highest BCUT2D eigenvalue weighted by Gasteiger charge is 2.10. The molecule has 0 bridgehead atoms. The minimum atomic E-state index is -0.224. The maximum absolute atomic E-state index is 12.2. The minimum absolute atomic E-state index is 0.0699. The number of halogens is 2. The van der Waals surface area contributed by atoms with E-state index in [1.807, 2.05) is 43.3 Å². The van der Waals surface area contributed by atoms with Crippen molar-refractivity contribution in [2.75, 3.05) is 18.5 Å². The molecular formula is C20H23Br2NO3. The first-order valence-electron chi connectivity index (χ1n) is 8.46. The molecule has 0 saturated carbocycles. The average molecular weight is 485 g/mol. The van der Waals surface area contributed by atoms with Gasteiger partial charge in [0.2, 0.25) is 0 Å². The number of nitrogens with one attached hydrogen (secondary N) is 1. The lowest BCUT2D eigenvalue weighted by molar-refractivity contribution is -0.118. The molecule has 0 spiro atoms. The molecule has 0 radical (unpaired) electrons. The summed E-state index contributed by atoms with van der Waals surface area (Å²) in [6, 6.07) is 11.2. The highest BCUT2D eigenvalue weighted by Crippen LogP contribution is 2.32. The molecule has 4 nitrogen and oxygen atoms in total. The van der Waals surface area contributed by atoms with E-state index in [0.29, 0.717) is 24.0 Å². The molecule has 1 N–H and O–H groups in total. The molecule has 0 aliphatic rings. The number of rotatable bonds is 8. The van der Waals surface area contributed by atoms with E-state index in [1.54, 1.807) is 0 Å². The maximum atomic E-state index is 12.2. The van der Waals surface area contributed by atoms with Crippen molar-refractivity contribution in [3.63, 3.8) is 0 Å². The Balaban J connectivity index is 1.90. The number of hydrogen-bond acceptors (Lipinski definition) is 3. The number of ether oxygens (including phenoxy) is 2. The van der Waals surface area contributed by atoms with Crippen LogP contribution >= 0.6 is 31.9 Å². The minimum Gasteiger partial charge on any atom is -0.494 e. The van der Waals surface area contributed by atoms with Crippen LogP contribution in [0.25, 0.3) is 0 Å². The lowest BCUT2D eigenvalue weighted by Gasteiger charge is -2.13. The molecule has 6 heteroatoms. The van der Waals surface area contributed by atoms with Gasteiger partial charge in [-0.25, -0.2) is 0 Å². The van der Waals surface area contributed by atoms with Gasteiger partial charge in [-0.3, -0.25) is 4.79 Å². The molecule has 2 aromatic carbocycles. The number of anilines is 1. The van der Waals surface area contributed by atoms with Crippen molar-refractivity contribution in [1.29, 1.82) is 0 Å². The molecule has 1 amide bonds. The number of aryl methyl sites for hydroxylation is 1. The van der Waals surface area contributed by atoms with E-state index < -0.39 is 0 Å². The SMILES string of the molecule is Cc1cc(Br)cc(Br)c1OCC(=O)Nc1cccc(OCCC(C)C)c1. The normalized spacial score (nSPS) is 10.7. The monoisotopic (exact) mass is 483 g/mol. The third-order valence-corrected chi connectivity index (χ3v) is 4.67. The molecule has 0 saturated heterocycles. The van der Waals surface area contributed by atoms with Crippen molar-refractivity contribution < 1.29 is 14.3 Å². The summed E-state index contributed by atoms with van der Waals surface area (Å²) in [6.07, 6.45) is 0.992. The van der Waals surface area contributed by atoms with Gasteiger partial charge in [0.1, 0.15) is 11.5 Å². The van der Waals surface area contributed by atoms with E-state index >= 15 is 0 Å². The zero-order chi connectivity index (χ0) is 19.1. The molecule has 0 aromatic heterocycles. The number of carbonyl (C=O) groups is 1. The summed E-state index contributed by atoms with van der Waals surface area (Å²) in [4.78, 5) is 12.2. The lowest BCUT2D eigenvalue weighted by Crippen LogP contribution is -2.20. The van der Waals surface area contributed by atoms with Crippen molar-refractivity contribution in [2.45, 2.75) is 27.2 Å². The van der Waals surface area contributed by atoms with E-state index in [9.17, 15) is 4.79 Å². The Labute approximate surface area is 171 Å². The van der Waals surface area contributed by atoms with Gasteiger partial charge >= 0.3 is 0 Å². The van der Waals surface area contributed by atoms with Gasteiger partial charge in [-0.15, -0.1) is 0 Å². The molecule has 2 aromatic rings. The molecule has 0 aliphatic carbocycles. The molecule has 0 aliphatic heterocycles. The third-order valence-electron chi connectivity index (χ3n) is 3.62. The van der Waals surface area contributed by atoms with Gasteiger partial charge in [0.25, 0.3) is 5.91 Å². The van der Waals surface area contributed by atoms with Crippen molar-refractivity contribution in [2.24, 2.45) is 5.92 Å². The summed E-state index contributed by atoms with van der Waals surface area (Å²) in [7, 11) is 0.